The van der Waals surface area contributed by atoms with E-state index in [0.29, 0.717) is 17.4 Å². The van der Waals surface area contributed by atoms with E-state index in [9.17, 15) is 4.79 Å². The molecule has 0 saturated carbocycles. The van der Waals surface area contributed by atoms with Crippen LogP contribution in [0.25, 0.3) is 6.08 Å². The van der Waals surface area contributed by atoms with Crippen molar-refractivity contribution < 1.29 is 4.79 Å². The van der Waals surface area contributed by atoms with Gasteiger partial charge in [0.2, 0.25) is 0 Å². The fourth-order valence-corrected chi connectivity index (χ4v) is 3.21. The molecular weight excluding hydrogens is 294 g/mol. The molecule has 0 atom stereocenters. The van der Waals surface area contributed by atoms with Crippen molar-refractivity contribution in [1.29, 1.82) is 0 Å². The van der Waals surface area contributed by atoms with Crippen LogP contribution in [-0.2, 0) is 4.79 Å². The van der Waals surface area contributed by atoms with E-state index in [1.54, 1.807) is 4.90 Å². The van der Waals surface area contributed by atoms with E-state index in [1.165, 1.54) is 18.5 Å². The van der Waals surface area contributed by atoms with Gasteiger partial charge in [0.05, 0.1) is 0 Å². The van der Waals surface area contributed by atoms with Crippen LogP contribution in [0.3, 0.4) is 0 Å². The first-order valence-electron chi connectivity index (χ1n) is 7.88. The molecule has 1 aromatic rings. The zero-order chi connectivity index (χ0) is 15.5. The molecule has 2 heterocycles. The van der Waals surface area contributed by atoms with E-state index in [1.807, 2.05) is 13.0 Å². The minimum atomic E-state index is -0.0320. The molecule has 1 aromatic carbocycles. The molecule has 2 saturated heterocycles. The topological polar surface area (TPSA) is 35.6 Å². The van der Waals surface area contributed by atoms with Crippen LogP contribution in [0.2, 0.25) is 0 Å². The molecular formula is C17H21N3OS. The number of hydrogen-bond donors (Lipinski definition) is 1. The Labute approximate surface area is 136 Å². The summed E-state index contributed by atoms with van der Waals surface area (Å²) >= 11 is 5.22. The summed E-state index contributed by atoms with van der Waals surface area (Å²) in [6.07, 6.45) is 5.31. The molecule has 0 unspecified atom stereocenters. The Morgan fingerprint density at radius 1 is 1.23 bits per heavy atom. The number of benzene rings is 1. The maximum atomic E-state index is 12.3. The lowest BCUT2D eigenvalue weighted by Crippen LogP contribution is -2.31. The molecule has 22 heavy (non-hydrogen) atoms. The molecule has 2 aliphatic heterocycles. The van der Waals surface area contributed by atoms with Crippen LogP contribution >= 0.6 is 12.2 Å². The third kappa shape index (κ3) is 2.99. The maximum absolute atomic E-state index is 12.3. The van der Waals surface area contributed by atoms with Crippen LogP contribution in [0, 0.1) is 0 Å². The van der Waals surface area contributed by atoms with Crippen molar-refractivity contribution in [3.05, 3.63) is 35.5 Å². The summed E-state index contributed by atoms with van der Waals surface area (Å²) in [6.45, 7) is 4.98. The Morgan fingerprint density at radius 3 is 2.55 bits per heavy atom. The number of nitrogens with zero attached hydrogens (tertiary/aromatic N) is 2. The second kappa shape index (κ2) is 6.48. The Balaban J connectivity index is 1.74. The van der Waals surface area contributed by atoms with E-state index >= 15 is 0 Å². The molecule has 0 aliphatic carbocycles. The normalized spacial score (nSPS) is 20.1. The highest BCUT2D eigenvalue weighted by molar-refractivity contribution is 7.80. The van der Waals surface area contributed by atoms with Crippen molar-refractivity contribution in [2.45, 2.75) is 26.2 Å². The van der Waals surface area contributed by atoms with Gasteiger partial charge in [0.15, 0.2) is 5.11 Å². The maximum Gasteiger partial charge on any atom is 0.276 e. The van der Waals surface area contributed by atoms with Crippen molar-refractivity contribution in [2.24, 2.45) is 0 Å². The number of carbonyl (C=O) groups excluding carboxylic acids is 1. The zero-order valence-corrected chi connectivity index (χ0v) is 13.7. The molecule has 0 radical (unpaired) electrons. The van der Waals surface area contributed by atoms with Gasteiger partial charge >= 0.3 is 0 Å². The van der Waals surface area contributed by atoms with Gasteiger partial charge < -0.3 is 10.2 Å². The third-order valence-electron chi connectivity index (χ3n) is 4.08. The zero-order valence-electron chi connectivity index (χ0n) is 12.8. The van der Waals surface area contributed by atoms with Gasteiger partial charge in [-0.05, 0) is 55.3 Å². The predicted molar refractivity (Wildman–Crippen MR) is 93.6 cm³/mol. The van der Waals surface area contributed by atoms with Gasteiger partial charge in [0, 0.05) is 25.3 Å². The highest BCUT2D eigenvalue weighted by atomic mass is 32.1. The lowest BCUT2D eigenvalue weighted by atomic mass is 10.1. The Hall–Kier alpha value is -1.88. The average Bonchev–Trinajstić information content (AvgIpc) is 3.13. The first-order valence-corrected chi connectivity index (χ1v) is 8.29. The summed E-state index contributed by atoms with van der Waals surface area (Å²) in [6, 6.07) is 8.36. The van der Waals surface area contributed by atoms with Crippen molar-refractivity contribution in [2.75, 3.05) is 24.5 Å². The monoisotopic (exact) mass is 315 g/mol. The molecule has 1 N–H and O–H groups in total. The van der Waals surface area contributed by atoms with Gasteiger partial charge in [-0.25, -0.2) is 0 Å². The summed E-state index contributed by atoms with van der Waals surface area (Å²) in [7, 11) is 0. The largest absolute Gasteiger partial charge is 0.372 e. The van der Waals surface area contributed by atoms with Gasteiger partial charge in [-0.1, -0.05) is 19.1 Å². The van der Waals surface area contributed by atoms with E-state index in [2.05, 4.69) is 34.5 Å². The van der Waals surface area contributed by atoms with E-state index in [-0.39, 0.29) is 5.91 Å². The fourth-order valence-electron chi connectivity index (χ4n) is 2.92. The standard InChI is InChI=1S/C17H21N3OS/c1-2-9-20-16(21)15(18-17(20)22)12-13-5-7-14(8-6-13)19-10-3-4-11-19/h5-8,12H,2-4,9-11H2,1H3,(H,18,22)/b15-12-. The summed E-state index contributed by atoms with van der Waals surface area (Å²) < 4.78 is 0. The van der Waals surface area contributed by atoms with Crippen molar-refractivity contribution >= 4 is 35.0 Å². The van der Waals surface area contributed by atoms with E-state index < -0.39 is 0 Å². The highest BCUT2D eigenvalue weighted by Crippen LogP contribution is 2.22. The average molecular weight is 315 g/mol. The number of rotatable bonds is 4. The second-order valence-corrected chi connectivity index (χ2v) is 6.12. The number of thiocarbonyl (C=S) groups is 1. The van der Waals surface area contributed by atoms with Crippen LogP contribution in [0.15, 0.2) is 30.0 Å². The summed E-state index contributed by atoms with van der Waals surface area (Å²) in [4.78, 5) is 16.3. The molecule has 0 bridgehead atoms. The van der Waals surface area contributed by atoms with Gasteiger partial charge in [-0.15, -0.1) is 0 Å². The van der Waals surface area contributed by atoms with E-state index in [4.69, 9.17) is 12.2 Å². The predicted octanol–water partition coefficient (Wildman–Crippen LogP) is 2.75. The molecule has 1 amide bonds. The van der Waals surface area contributed by atoms with Crippen LogP contribution in [0.5, 0.6) is 0 Å². The van der Waals surface area contributed by atoms with Gasteiger partial charge in [-0.2, -0.15) is 0 Å². The minimum Gasteiger partial charge on any atom is -0.372 e. The SMILES string of the molecule is CCCN1C(=O)/C(=C/c2ccc(N3CCCC3)cc2)NC1=S. The number of nitrogens with one attached hydrogen (secondary N) is 1. The Bertz CT molecular complexity index is 603. The lowest BCUT2D eigenvalue weighted by molar-refractivity contribution is -0.122. The lowest BCUT2D eigenvalue weighted by Gasteiger charge is -2.17. The third-order valence-corrected chi connectivity index (χ3v) is 4.41. The Kier molecular flexibility index (Phi) is 4.43. The van der Waals surface area contributed by atoms with Crippen molar-refractivity contribution in [3.63, 3.8) is 0 Å². The smallest absolute Gasteiger partial charge is 0.276 e. The van der Waals surface area contributed by atoms with Gasteiger partial charge in [-0.3, -0.25) is 9.69 Å². The molecule has 3 rings (SSSR count). The van der Waals surface area contributed by atoms with Crippen molar-refractivity contribution in [3.8, 4) is 0 Å². The van der Waals surface area contributed by atoms with Crippen LogP contribution < -0.4 is 10.2 Å². The van der Waals surface area contributed by atoms with Crippen LogP contribution in [0.4, 0.5) is 5.69 Å². The van der Waals surface area contributed by atoms with E-state index in [0.717, 1.165) is 25.1 Å². The molecule has 0 aromatic heterocycles. The molecule has 116 valence electrons. The number of amides is 1. The number of anilines is 1. The molecule has 2 aliphatic rings. The van der Waals surface area contributed by atoms with Crippen LogP contribution in [0.1, 0.15) is 31.7 Å². The Morgan fingerprint density at radius 2 is 1.91 bits per heavy atom. The highest BCUT2D eigenvalue weighted by Gasteiger charge is 2.29. The van der Waals surface area contributed by atoms with Gasteiger partial charge in [0.25, 0.3) is 5.91 Å². The number of hydrogen-bond acceptors (Lipinski definition) is 3. The summed E-state index contributed by atoms with van der Waals surface area (Å²) in [5, 5.41) is 3.52. The molecule has 2 fully saturated rings. The summed E-state index contributed by atoms with van der Waals surface area (Å²) in [5.41, 5.74) is 2.83. The minimum absolute atomic E-state index is 0.0320. The first-order chi connectivity index (χ1) is 10.7. The number of carbonyl (C=O) groups is 1. The molecule has 4 nitrogen and oxygen atoms in total. The summed E-state index contributed by atoms with van der Waals surface area (Å²) in [5.74, 6) is -0.0320. The quantitative estimate of drug-likeness (QED) is 0.684. The fraction of sp³-hybridized carbons (Fsp3) is 0.412. The first kappa shape index (κ1) is 15.0. The van der Waals surface area contributed by atoms with Crippen molar-refractivity contribution in [1.82, 2.24) is 10.2 Å². The van der Waals surface area contributed by atoms with Gasteiger partial charge in [0.1, 0.15) is 5.70 Å². The molecule has 5 heteroatoms. The second-order valence-electron chi connectivity index (χ2n) is 5.73. The molecule has 0 spiro atoms. The van der Waals surface area contributed by atoms with Crippen LogP contribution in [-0.4, -0.2) is 35.6 Å².